The van der Waals surface area contributed by atoms with Gasteiger partial charge in [-0.15, -0.1) is 0 Å². The van der Waals surface area contributed by atoms with Gasteiger partial charge in [-0.1, -0.05) is 0 Å². The Bertz CT molecular complexity index is 816. The molecule has 0 bridgehead atoms. The number of carbonyl (C=O) groups is 1. The molecule has 2 rings (SSSR count). The number of hydrogen-bond donors (Lipinski definition) is 2. The van der Waals surface area contributed by atoms with E-state index in [4.69, 9.17) is 9.15 Å². The summed E-state index contributed by atoms with van der Waals surface area (Å²) in [6.07, 6.45) is 1.50. The molecule has 1 amide bonds. The fourth-order valence-corrected chi connectivity index (χ4v) is 3.49. The number of sulfonamides is 1. The third-order valence-corrected chi connectivity index (χ3v) is 5.04. The van der Waals surface area contributed by atoms with Crippen LogP contribution in [0.4, 0.5) is 0 Å². The molecule has 1 aromatic carbocycles. The Labute approximate surface area is 147 Å². The second-order valence-corrected chi connectivity index (χ2v) is 7.21. The van der Waals surface area contributed by atoms with Gasteiger partial charge in [0.25, 0.3) is 0 Å². The van der Waals surface area contributed by atoms with E-state index in [1.54, 1.807) is 25.1 Å². The Balaban J connectivity index is 2.01. The van der Waals surface area contributed by atoms with Crippen molar-refractivity contribution in [3.63, 3.8) is 0 Å². The standard InChI is InChI=1S/C17H22N2O5S/c1-4-23-16-8-7-15(10-12(16)2)25(21,22)19-13(3)17(20)18-11-14-6-5-9-24-14/h5-10,13,19H,4,11H2,1-3H3,(H,18,20). The molecule has 8 heteroatoms. The second kappa shape index (κ2) is 8.17. The molecule has 0 spiro atoms. The minimum atomic E-state index is -3.82. The van der Waals surface area contributed by atoms with Gasteiger partial charge in [-0.05, 0) is 56.7 Å². The maximum absolute atomic E-state index is 12.5. The normalized spacial score (nSPS) is 12.6. The van der Waals surface area contributed by atoms with Crippen molar-refractivity contribution in [1.82, 2.24) is 10.0 Å². The SMILES string of the molecule is CCOc1ccc(S(=O)(=O)NC(C)C(=O)NCc2ccco2)cc1C. The van der Waals surface area contributed by atoms with Crippen molar-refractivity contribution in [3.8, 4) is 5.75 Å². The van der Waals surface area contributed by atoms with Crippen LogP contribution in [0.2, 0.25) is 0 Å². The van der Waals surface area contributed by atoms with Gasteiger partial charge in [0.1, 0.15) is 11.5 Å². The second-order valence-electron chi connectivity index (χ2n) is 5.50. The van der Waals surface area contributed by atoms with E-state index in [2.05, 4.69) is 10.0 Å². The number of furan rings is 1. The van der Waals surface area contributed by atoms with E-state index in [1.807, 2.05) is 6.92 Å². The summed E-state index contributed by atoms with van der Waals surface area (Å²) in [5, 5.41) is 2.62. The molecular weight excluding hydrogens is 344 g/mol. The molecule has 0 radical (unpaired) electrons. The summed E-state index contributed by atoms with van der Waals surface area (Å²) in [5.74, 6) is 0.777. The van der Waals surface area contributed by atoms with Gasteiger partial charge in [-0.3, -0.25) is 4.79 Å². The minimum absolute atomic E-state index is 0.0825. The van der Waals surface area contributed by atoms with Crippen LogP contribution < -0.4 is 14.8 Å². The van der Waals surface area contributed by atoms with Crippen LogP contribution in [0, 0.1) is 6.92 Å². The number of hydrogen-bond acceptors (Lipinski definition) is 5. The van der Waals surface area contributed by atoms with E-state index in [0.29, 0.717) is 23.7 Å². The smallest absolute Gasteiger partial charge is 0.241 e. The molecule has 1 unspecified atom stereocenters. The molecule has 0 fully saturated rings. The van der Waals surface area contributed by atoms with Crippen molar-refractivity contribution >= 4 is 15.9 Å². The van der Waals surface area contributed by atoms with Gasteiger partial charge < -0.3 is 14.5 Å². The van der Waals surface area contributed by atoms with Gasteiger partial charge in [-0.25, -0.2) is 8.42 Å². The lowest BCUT2D eigenvalue weighted by Crippen LogP contribution is -2.44. The number of aryl methyl sites for hydroxylation is 1. The van der Waals surface area contributed by atoms with Gasteiger partial charge in [0.2, 0.25) is 15.9 Å². The van der Waals surface area contributed by atoms with Crippen LogP contribution in [0.15, 0.2) is 45.9 Å². The predicted molar refractivity (Wildman–Crippen MR) is 92.7 cm³/mol. The van der Waals surface area contributed by atoms with Crippen LogP contribution in [0.5, 0.6) is 5.75 Å². The molecule has 25 heavy (non-hydrogen) atoms. The van der Waals surface area contributed by atoms with Crippen LogP contribution in [0.1, 0.15) is 25.2 Å². The number of rotatable bonds is 8. The number of carbonyl (C=O) groups excluding carboxylic acids is 1. The first-order chi connectivity index (χ1) is 11.8. The fourth-order valence-electron chi connectivity index (χ4n) is 2.20. The number of amides is 1. The molecule has 0 saturated heterocycles. The Kier molecular flexibility index (Phi) is 6.22. The highest BCUT2D eigenvalue weighted by Gasteiger charge is 2.22. The maximum atomic E-state index is 12.5. The van der Waals surface area contributed by atoms with E-state index in [9.17, 15) is 13.2 Å². The molecule has 2 aromatic rings. The van der Waals surface area contributed by atoms with E-state index >= 15 is 0 Å². The largest absolute Gasteiger partial charge is 0.494 e. The van der Waals surface area contributed by atoms with Crippen molar-refractivity contribution in [1.29, 1.82) is 0 Å². The average molecular weight is 366 g/mol. The van der Waals surface area contributed by atoms with Gasteiger partial charge in [0.05, 0.1) is 30.4 Å². The molecule has 1 atom stereocenters. The minimum Gasteiger partial charge on any atom is -0.494 e. The highest BCUT2D eigenvalue weighted by molar-refractivity contribution is 7.89. The average Bonchev–Trinajstić information content (AvgIpc) is 3.07. The number of ether oxygens (including phenoxy) is 1. The van der Waals surface area contributed by atoms with Crippen LogP contribution in [0.3, 0.4) is 0 Å². The van der Waals surface area contributed by atoms with E-state index in [-0.39, 0.29) is 11.4 Å². The summed E-state index contributed by atoms with van der Waals surface area (Å²) in [6.45, 7) is 5.80. The quantitative estimate of drug-likeness (QED) is 0.744. The molecule has 1 aromatic heterocycles. The summed E-state index contributed by atoms with van der Waals surface area (Å²) < 4.78 is 37.8. The Morgan fingerprint density at radius 3 is 2.68 bits per heavy atom. The number of nitrogens with one attached hydrogen (secondary N) is 2. The van der Waals surface area contributed by atoms with Crippen LogP contribution in [-0.4, -0.2) is 27.0 Å². The van der Waals surface area contributed by atoms with Crippen LogP contribution >= 0.6 is 0 Å². The Morgan fingerprint density at radius 2 is 2.08 bits per heavy atom. The molecule has 0 saturated carbocycles. The highest BCUT2D eigenvalue weighted by Crippen LogP contribution is 2.21. The monoisotopic (exact) mass is 366 g/mol. The van der Waals surface area contributed by atoms with E-state index in [0.717, 1.165) is 0 Å². The first kappa shape index (κ1) is 19.0. The fraction of sp³-hybridized carbons (Fsp3) is 0.353. The Morgan fingerprint density at radius 1 is 1.32 bits per heavy atom. The third kappa shape index (κ3) is 5.07. The van der Waals surface area contributed by atoms with E-state index < -0.39 is 22.0 Å². The molecule has 0 aliphatic heterocycles. The zero-order chi connectivity index (χ0) is 18.4. The van der Waals surface area contributed by atoms with Gasteiger partial charge in [0, 0.05) is 0 Å². The zero-order valence-corrected chi connectivity index (χ0v) is 15.2. The van der Waals surface area contributed by atoms with Crippen molar-refractivity contribution in [2.24, 2.45) is 0 Å². The van der Waals surface area contributed by atoms with Crippen molar-refractivity contribution < 1.29 is 22.4 Å². The zero-order valence-electron chi connectivity index (χ0n) is 14.4. The van der Waals surface area contributed by atoms with Gasteiger partial charge in [-0.2, -0.15) is 4.72 Å². The van der Waals surface area contributed by atoms with Gasteiger partial charge in [0.15, 0.2) is 0 Å². The van der Waals surface area contributed by atoms with Crippen molar-refractivity contribution in [3.05, 3.63) is 47.9 Å². The lowest BCUT2D eigenvalue weighted by molar-refractivity contribution is -0.122. The number of benzene rings is 1. The lowest BCUT2D eigenvalue weighted by Gasteiger charge is -2.15. The summed E-state index contributed by atoms with van der Waals surface area (Å²) in [4.78, 5) is 12.1. The Hall–Kier alpha value is -2.32. The third-order valence-electron chi connectivity index (χ3n) is 3.50. The molecule has 1 heterocycles. The molecular formula is C17H22N2O5S. The van der Waals surface area contributed by atoms with Crippen molar-refractivity contribution in [2.75, 3.05) is 6.61 Å². The topological polar surface area (TPSA) is 97.6 Å². The van der Waals surface area contributed by atoms with Crippen LogP contribution in [0.25, 0.3) is 0 Å². The summed E-state index contributed by atoms with van der Waals surface area (Å²) in [5.41, 5.74) is 0.708. The van der Waals surface area contributed by atoms with E-state index in [1.165, 1.54) is 25.3 Å². The highest BCUT2D eigenvalue weighted by atomic mass is 32.2. The predicted octanol–water partition coefficient (Wildman–Crippen LogP) is 1.97. The molecule has 7 nitrogen and oxygen atoms in total. The van der Waals surface area contributed by atoms with Crippen molar-refractivity contribution in [2.45, 2.75) is 38.3 Å². The first-order valence-corrected chi connectivity index (χ1v) is 9.37. The van der Waals surface area contributed by atoms with Gasteiger partial charge >= 0.3 is 0 Å². The molecule has 0 aliphatic rings. The summed E-state index contributed by atoms with van der Waals surface area (Å²) in [6, 6.07) is 7.08. The molecule has 2 N–H and O–H groups in total. The molecule has 0 aliphatic carbocycles. The lowest BCUT2D eigenvalue weighted by atomic mass is 10.2. The maximum Gasteiger partial charge on any atom is 0.241 e. The summed E-state index contributed by atoms with van der Waals surface area (Å²) >= 11 is 0. The van der Waals surface area contributed by atoms with Crippen LogP contribution in [-0.2, 0) is 21.4 Å². The summed E-state index contributed by atoms with van der Waals surface area (Å²) in [7, 11) is -3.82. The first-order valence-electron chi connectivity index (χ1n) is 7.89. The molecule has 136 valence electrons.